The minimum absolute atomic E-state index is 0.192. The molecule has 178 valence electrons. The first kappa shape index (κ1) is 24.8. The van der Waals surface area contributed by atoms with E-state index in [-0.39, 0.29) is 17.3 Å². The van der Waals surface area contributed by atoms with Crippen molar-refractivity contribution in [2.24, 2.45) is 11.3 Å². The molecule has 1 aromatic carbocycles. The maximum Gasteiger partial charge on any atom is 0.341 e. The van der Waals surface area contributed by atoms with Gasteiger partial charge < -0.3 is 19.5 Å². The normalized spacial score (nSPS) is 15.8. The largest absolute Gasteiger partial charge is 0.493 e. The van der Waals surface area contributed by atoms with Crippen LogP contribution in [-0.4, -0.2) is 32.7 Å². The number of hydrogen-bond donors (Lipinski definition) is 1. The smallest absolute Gasteiger partial charge is 0.341 e. The molecule has 0 aliphatic heterocycles. The minimum atomic E-state index is -0.372. The van der Waals surface area contributed by atoms with Gasteiger partial charge in [0, 0.05) is 11.0 Å². The van der Waals surface area contributed by atoms with Gasteiger partial charge in [-0.25, -0.2) is 4.79 Å². The van der Waals surface area contributed by atoms with E-state index in [1.165, 1.54) is 22.3 Å². The number of benzene rings is 1. The lowest BCUT2D eigenvalue weighted by Gasteiger charge is -2.33. The number of carbonyl (C=O) groups is 2. The summed E-state index contributed by atoms with van der Waals surface area (Å²) in [7, 11) is 3.14. The lowest BCUT2D eigenvalue weighted by molar-refractivity contribution is -0.111. The van der Waals surface area contributed by atoms with Crippen LogP contribution in [0.15, 0.2) is 24.3 Å². The second-order valence-corrected chi connectivity index (χ2v) is 10.3. The summed E-state index contributed by atoms with van der Waals surface area (Å²) in [5.41, 5.74) is 2.53. The van der Waals surface area contributed by atoms with Crippen LogP contribution in [0.3, 0.4) is 0 Å². The molecule has 3 rings (SSSR count). The van der Waals surface area contributed by atoms with E-state index in [1.807, 2.05) is 6.07 Å². The second-order valence-electron chi connectivity index (χ2n) is 9.17. The lowest BCUT2D eigenvalue weighted by Crippen LogP contribution is -2.26. The summed E-state index contributed by atoms with van der Waals surface area (Å²) >= 11 is 1.49. The SMILES string of the molecule is CCOC(=O)c1c(NC(=O)/C=C/c2ccc(OC)c(OC)c2)sc2c1CCC(C(C)(C)C)C2. The molecular formula is C26H33NO5S. The molecule has 0 spiro atoms. The molecule has 0 saturated carbocycles. The number of anilines is 1. The molecule has 0 fully saturated rings. The van der Waals surface area contributed by atoms with Crippen LogP contribution in [0.2, 0.25) is 0 Å². The van der Waals surface area contributed by atoms with E-state index >= 15 is 0 Å². The number of ether oxygens (including phenoxy) is 3. The fraction of sp³-hybridized carbons (Fsp3) is 0.462. The monoisotopic (exact) mass is 471 g/mol. The summed E-state index contributed by atoms with van der Waals surface area (Å²) in [5.74, 6) is 1.07. The van der Waals surface area contributed by atoms with E-state index in [0.29, 0.717) is 34.6 Å². The predicted octanol–water partition coefficient (Wildman–Crippen LogP) is 5.74. The fourth-order valence-electron chi connectivity index (χ4n) is 4.11. The van der Waals surface area contributed by atoms with Gasteiger partial charge in [-0.1, -0.05) is 26.8 Å². The Kier molecular flexibility index (Phi) is 7.84. The predicted molar refractivity (Wildman–Crippen MR) is 132 cm³/mol. The highest BCUT2D eigenvalue weighted by Gasteiger charge is 2.34. The van der Waals surface area contributed by atoms with Gasteiger partial charge in [0.1, 0.15) is 5.00 Å². The zero-order valence-electron chi connectivity index (χ0n) is 20.2. The number of esters is 1. The molecule has 1 aromatic heterocycles. The first-order valence-corrected chi connectivity index (χ1v) is 12.0. The number of carbonyl (C=O) groups excluding carboxylic acids is 2. The number of fused-ring (bicyclic) bond motifs is 1. The van der Waals surface area contributed by atoms with Crippen LogP contribution in [-0.2, 0) is 22.4 Å². The van der Waals surface area contributed by atoms with E-state index in [9.17, 15) is 9.59 Å². The van der Waals surface area contributed by atoms with E-state index < -0.39 is 0 Å². The molecule has 0 radical (unpaired) electrons. The number of thiophene rings is 1. The van der Waals surface area contributed by atoms with Crippen molar-refractivity contribution in [3.05, 3.63) is 45.8 Å². The number of methoxy groups -OCH3 is 2. The summed E-state index contributed by atoms with van der Waals surface area (Å²) in [6.07, 6.45) is 5.90. The molecule has 6 nitrogen and oxygen atoms in total. The third kappa shape index (κ3) is 5.77. The Labute approximate surface area is 199 Å². The molecule has 7 heteroatoms. The van der Waals surface area contributed by atoms with Gasteiger partial charge in [0.25, 0.3) is 0 Å². The van der Waals surface area contributed by atoms with Gasteiger partial charge in [0.05, 0.1) is 26.4 Å². The van der Waals surface area contributed by atoms with Crippen LogP contribution < -0.4 is 14.8 Å². The summed E-state index contributed by atoms with van der Waals surface area (Å²) < 4.78 is 15.9. The van der Waals surface area contributed by atoms with Gasteiger partial charge in [0.2, 0.25) is 5.91 Å². The highest BCUT2D eigenvalue weighted by atomic mass is 32.1. The third-order valence-corrected chi connectivity index (χ3v) is 7.21. The summed E-state index contributed by atoms with van der Waals surface area (Å²) in [4.78, 5) is 26.7. The van der Waals surface area contributed by atoms with E-state index in [0.717, 1.165) is 30.4 Å². The highest BCUT2D eigenvalue weighted by Crippen LogP contribution is 2.44. The Morgan fingerprint density at radius 1 is 1.18 bits per heavy atom. The van der Waals surface area contributed by atoms with Gasteiger partial charge in [-0.2, -0.15) is 0 Å². The first-order chi connectivity index (χ1) is 15.7. The van der Waals surface area contributed by atoms with E-state index in [1.54, 1.807) is 39.4 Å². The van der Waals surface area contributed by atoms with Crippen molar-refractivity contribution in [3.63, 3.8) is 0 Å². The molecule has 1 aliphatic carbocycles. The van der Waals surface area contributed by atoms with Crippen molar-refractivity contribution in [2.45, 2.75) is 47.0 Å². The van der Waals surface area contributed by atoms with Crippen LogP contribution in [0.4, 0.5) is 5.00 Å². The number of rotatable bonds is 7. The Balaban J connectivity index is 1.84. The maximum absolute atomic E-state index is 12.8. The highest BCUT2D eigenvalue weighted by molar-refractivity contribution is 7.17. The molecule has 0 bridgehead atoms. The van der Waals surface area contributed by atoms with Crippen molar-refractivity contribution in [1.82, 2.24) is 0 Å². The Bertz CT molecular complexity index is 1050. The first-order valence-electron chi connectivity index (χ1n) is 11.2. The van der Waals surface area contributed by atoms with Crippen LogP contribution in [0.5, 0.6) is 11.5 Å². The van der Waals surface area contributed by atoms with Crippen molar-refractivity contribution in [3.8, 4) is 11.5 Å². The average Bonchev–Trinajstić information content (AvgIpc) is 3.14. The van der Waals surface area contributed by atoms with E-state index in [2.05, 4.69) is 26.1 Å². The Morgan fingerprint density at radius 3 is 2.55 bits per heavy atom. The second kappa shape index (κ2) is 10.4. The van der Waals surface area contributed by atoms with Gasteiger partial charge in [0.15, 0.2) is 11.5 Å². The van der Waals surface area contributed by atoms with Crippen molar-refractivity contribution in [2.75, 3.05) is 26.1 Å². The maximum atomic E-state index is 12.8. The van der Waals surface area contributed by atoms with Gasteiger partial charge >= 0.3 is 5.97 Å². The number of nitrogens with one attached hydrogen (secondary N) is 1. The zero-order chi connectivity index (χ0) is 24.2. The quantitative estimate of drug-likeness (QED) is 0.411. The van der Waals surface area contributed by atoms with Crippen LogP contribution in [0.1, 0.15) is 60.5 Å². The fourth-order valence-corrected chi connectivity index (χ4v) is 5.43. The molecule has 1 unspecified atom stereocenters. The summed E-state index contributed by atoms with van der Waals surface area (Å²) in [6.45, 7) is 8.84. The van der Waals surface area contributed by atoms with Gasteiger partial charge in [-0.05, 0) is 66.9 Å². The minimum Gasteiger partial charge on any atom is -0.493 e. The molecule has 1 heterocycles. The topological polar surface area (TPSA) is 73.9 Å². The van der Waals surface area contributed by atoms with Crippen molar-refractivity contribution < 1.29 is 23.8 Å². The molecule has 1 aliphatic rings. The lowest BCUT2D eigenvalue weighted by atomic mass is 9.72. The van der Waals surface area contributed by atoms with Crippen LogP contribution in [0, 0.1) is 11.3 Å². The molecule has 1 N–H and O–H groups in total. The van der Waals surface area contributed by atoms with E-state index in [4.69, 9.17) is 14.2 Å². The number of hydrogen-bond acceptors (Lipinski definition) is 6. The zero-order valence-corrected chi connectivity index (χ0v) is 21.1. The standard InChI is InChI=1S/C26H33NO5S/c1-7-32-25(29)23-18-11-10-17(26(2,3)4)15-21(18)33-24(23)27-22(28)13-9-16-8-12-19(30-5)20(14-16)31-6/h8-9,12-14,17H,7,10-11,15H2,1-6H3,(H,27,28)/b13-9+. The number of amides is 1. The molecule has 1 atom stereocenters. The molecule has 0 saturated heterocycles. The average molecular weight is 472 g/mol. The van der Waals surface area contributed by atoms with Crippen molar-refractivity contribution in [1.29, 1.82) is 0 Å². The Morgan fingerprint density at radius 2 is 1.91 bits per heavy atom. The van der Waals surface area contributed by atoms with Crippen molar-refractivity contribution >= 4 is 34.3 Å². The van der Waals surface area contributed by atoms with Crippen LogP contribution >= 0.6 is 11.3 Å². The summed E-state index contributed by atoms with van der Waals surface area (Å²) in [6, 6.07) is 5.42. The Hall–Kier alpha value is -2.80. The molecule has 1 amide bonds. The molecule has 33 heavy (non-hydrogen) atoms. The van der Waals surface area contributed by atoms with Crippen LogP contribution in [0.25, 0.3) is 6.08 Å². The molecule has 2 aromatic rings. The van der Waals surface area contributed by atoms with Gasteiger partial charge in [-0.15, -0.1) is 11.3 Å². The van der Waals surface area contributed by atoms with Gasteiger partial charge in [-0.3, -0.25) is 4.79 Å². The summed E-state index contributed by atoms with van der Waals surface area (Å²) in [5, 5.41) is 3.48. The molecular weight excluding hydrogens is 438 g/mol. The third-order valence-electron chi connectivity index (χ3n) is 6.04.